The second-order valence-corrected chi connectivity index (χ2v) is 16.7. The summed E-state index contributed by atoms with van der Waals surface area (Å²) in [5, 5.41) is 2.74. The summed E-state index contributed by atoms with van der Waals surface area (Å²) in [5.74, 6) is -1.96. The predicted molar refractivity (Wildman–Crippen MR) is 216 cm³/mol. The maximum absolute atomic E-state index is 13.6. The number of amides is 5. The minimum Gasteiger partial charge on any atom is -0.371 e. The van der Waals surface area contributed by atoms with Gasteiger partial charge in [0.1, 0.15) is 6.04 Å². The summed E-state index contributed by atoms with van der Waals surface area (Å²) in [5.41, 5.74) is 5.09. The van der Waals surface area contributed by atoms with Crippen molar-refractivity contribution in [2.75, 3.05) is 73.6 Å². The summed E-state index contributed by atoms with van der Waals surface area (Å²) in [6, 6.07) is 18.8. The van der Waals surface area contributed by atoms with Crippen molar-refractivity contribution in [2.45, 2.75) is 57.2 Å². The highest BCUT2D eigenvalue weighted by Gasteiger charge is 2.47. The van der Waals surface area contributed by atoms with Crippen LogP contribution in [0.3, 0.4) is 0 Å². The van der Waals surface area contributed by atoms with Crippen molar-refractivity contribution in [1.29, 1.82) is 0 Å². The third kappa shape index (κ3) is 6.48. The average Bonchev–Trinajstić information content (AvgIpc) is 3.65. The Morgan fingerprint density at radius 3 is 2.14 bits per heavy atom. The molecule has 2 unspecified atom stereocenters. The van der Waals surface area contributed by atoms with E-state index in [0.29, 0.717) is 41.4 Å². The minimum atomic E-state index is -0.983. The maximum atomic E-state index is 13.6. The molecule has 14 heteroatoms. The van der Waals surface area contributed by atoms with E-state index in [0.717, 1.165) is 87.0 Å². The van der Waals surface area contributed by atoms with Gasteiger partial charge in [-0.15, -0.1) is 0 Å². The molecule has 3 aromatic carbocycles. The molecular formula is C43H45ClN8O5. The van der Waals surface area contributed by atoms with Crippen LogP contribution >= 0.6 is 11.6 Å². The van der Waals surface area contributed by atoms with Crippen LogP contribution in [0.5, 0.6) is 0 Å². The molecule has 1 spiro atoms. The number of carbonyl (C=O) groups excluding carboxylic acids is 5. The van der Waals surface area contributed by atoms with Gasteiger partial charge in [0.05, 0.1) is 17.7 Å². The third-order valence-corrected chi connectivity index (χ3v) is 13.9. The van der Waals surface area contributed by atoms with Crippen molar-refractivity contribution in [3.8, 4) is 0 Å². The molecule has 6 heterocycles. The molecule has 0 aliphatic carbocycles. The molecule has 3 aromatic rings. The van der Waals surface area contributed by atoms with Crippen molar-refractivity contribution in [2.24, 2.45) is 5.41 Å². The zero-order valence-electron chi connectivity index (χ0n) is 32.0. The Bertz CT molecular complexity index is 2200. The molecule has 57 heavy (non-hydrogen) atoms. The van der Waals surface area contributed by atoms with Crippen molar-refractivity contribution >= 4 is 63.9 Å². The smallest absolute Gasteiger partial charge is 0.262 e. The second kappa shape index (κ2) is 14.5. The maximum Gasteiger partial charge on any atom is 0.262 e. The van der Waals surface area contributed by atoms with E-state index in [2.05, 4.69) is 48.8 Å². The lowest BCUT2D eigenvalue weighted by atomic mass is 9.73. The zero-order valence-corrected chi connectivity index (χ0v) is 32.7. The molecule has 1 N–H and O–H groups in total. The summed E-state index contributed by atoms with van der Waals surface area (Å²) in [4.78, 5) is 79.9. The molecule has 6 aliphatic rings. The number of halogens is 1. The second-order valence-electron chi connectivity index (χ2n) is 16.3. The van der Waals surface area contributed by atoms with Gasteiger partial charge in [0.2, 0.25) is 17.5 Å². The molecule has 0 bridgehead atoms. The Morgan fingerprint density at radius 2 is 1.46 bits per heavy atom. The summed E-state index contributed by atoms with van der Waals surface area (Å²) < 4.78 is 0. The first-order valence-corrected chi connectivity index (χ1v) is 20.3. The van der Waals surface area contributed by atoms with Crippen LogP contribution in [0.1, 0.15) is 70.1 Å². The Labute approximate surface area is 336 Å². The molecule has 6 aliphatic heterocycles. The van der Waals surface area contributed by atoms with Gasteiger partial charge in [0.25, 0.3) is 17.7 Å². The Kier molecular flexibility index (Phi) is 9.44. The monoisotopic (exact) mass is 788 g/mol. The van der Waals surface area contributed by atoms with E-state index in [1.165, 1.54) is 0 Å². The SMILES string of the molecule is [C-]#[N+]c1ccc(N2CCC3(CCN(c4ccc(C(=O)N5CCN(C6CN(c7ccc8c(c7)C(=O)N(C7CCC(=O)NC7=O)C8=O)C6)CC5)cc4)CC3)C2C)cc1Cl. The number of piperidine rings is 2. The summed E-state index contributed by atoms with van der Waals surface area (Å²) in [7, 11) is 0. The fraction of sp³-hybridized carbons (Fsp3) is 0.442. The molecule has 9 rings (SSSR count). The van der Waals surface area contributed by atoms with Gasteiger partial charge >= 0.3 is 0 Å². The number of benzene rings is 3. The van der Waals surface area contributed by atoms with E-state index in [1.807, 2.05) is 41.3 Å². The molecule has 5 fully saturated rings. The van der Waals surface area contributed by atoms with Crippen molar-refractivity contribution < 1.29 is 24.0 Å². The molecule has 13 nitrogen and oxygen atoms in total. The molecule has 0 radical (unpaired) electrons. The van der Waals surface area contributed by atoms with Crippen LogP contribution in [0.4, 0.5) is 22.7 Å². The first-order valence-electron chi connectivity index (χ1n) is 20.0. The lowest BCUT2D eigenvalue weighted by Gasteiger charge is -2.49. The van der Waals surface area contributed by atoms with Gasteiger partial charge in [-0.25, -0.2) is 4.85 Å². The van der Waals surface area contributed by atoms with E-state index in [9.17, 15) is 24.0 Å². The topological polar surface area (TPSA) is 121 Å². The van der Waals surface area contributed by atoms with Gasteiger partial charge in [0.15, 0.2) is 0 Å². The largest absolute Gasteiger partial charge is 0.371 e. The van der Waals surface area contributed by atoms with E-state index >= 15 is 0 Å². The van der Waals surface area contributed by atoms with Crippen molar-refractivity contribution in [1.82, 2.24) is 20.0 Å². The van der Waals surface area contributed by atoms with Crippen LogP contribution in [0, 0.1) is 12.0 Å². The summed E-state index contributed by atoms with van der Waals surface area (Å²) >= 11 is 6.38. The third-order valence-electron chi connectivity index (χ3n) is 13.6. The fourth-order valence-corrected chi connectivity index (χ4v) is 10.1. The number of nitrogens with zero attached hydrogens (tertiary/aromatic N) is 7. The van der Waals surface area contributed by atoms with Gasteiger partial charge in [0, 0.05) is 105 Å². The molecule has 0 aromatic heterocycles. The molecular weight excluding hydrogens is 744 g/mol. The van der Waals surface area contributed by atoms with E-state index < -0.39 is 29.7 Å². The highest BCUT2D eigenvalue weighted by atomic mass is 35.5. The Hall–Kier alpha value is -5.45. The number of carbonyl (C=O) groups is 5. The highest BCUT2D eigenvalue weighted by molar-refractivity contribution is 6.33. The normalized spacial score (nSPS) is 23.8. The fourth-order valence-electron chi connectivity index (χ4n) is 9.91. The van der Waals surface area contributed by atoms with Gasteiger partial charge < -0.3 is 19.6 Å². The standard InChI is InChI=1S/C43H45ClN8O5/c1-27-43(15-18-51(27)31-8-10-36(45-2)35(44)24-31)13-16-47(17-14-43)29-5-3-28(4-6-29)40(55)49-21-19-48(20-22-49)32-25-50(26-32)30-7-9-33-34(23-30)42(57)52(41(33)56)37-11-12-38(53)46-39(37)54/h3-10,23-24,27,32,37H,11-22,25-26H2,1H3,(H,46,53,54). The van der Waals surface area contributed by atoms with Gasteiger partial charge in [-0.1, -0.05) is 17.7 Å². The zero-order chi connectivity index (χ0) is 39.6. The molecule has 2 atom stereocenters. The van der Waals surface area contributed by atoms with Crippen LogP contribution in [-0.2, 0) is 9.59 Å². The minimum absolute atomic E-state index is 0.0575. The Balaban J connectivity index is 0.742. The molecule has 5 saturated heterocycles. The van der Waals surface area contributed by atoms with E-state index in [4.69, 9.17) is 18.2 Å². The molecule has 5 amide bonds. The number of hydrogen-bond acceptors (Lipinski definition) is 9. The van der Waals surface area contributed by atoms with Crippen LogP contribution in [-0.4, -0.2) is 121 Å². The van der Waals surface area contributed by atoms with E-state index in [1.54, 1.807) is 12.1 Å². The Morgan fingerprint density at radius 1 is 0.789 bits per heavy atom. The quantitative estimate of drug-likeness (QED) is 0.277. The molecule has 0 saturated carbocycles. The van der Waals surface area contributed by atoms with Crippen LogP contribution in [0.2, 0.25) is 5.02 Å². The number of anilines is 3. The van der Waals surface area contributed by atoms with Crippen LogP contribution in [0.15, 0.2) is 60.7 Å². The molecule has 294 valence electrons. The first-order chi connectivity index (χ1) is 27.5. The van der Waals surface area contributed by atoms with Crippen molar-refractivity contribution in [3.63, 3.8) is 0 Å². The lowest BCUT2D eigenvalue weighted by Crippen LogP contribution is -2.63. The van der Waals surface area contributed by atoms with Gasteiger partial charge in [-0.3, -0.25) is 39.1 Å². The number of rotatable bonds is 6. The van der Waals surface area contributed by atoms with Gasteiger partial charge in [-0.05, 0) is 92.6 Å². The average molecular weight is 789 g/mol. The summed E-state index contributed by atoms with van der Waals surface area (Å²) in [6.07, 6.45) is 3.55. The lowest BCUT2D eigenvalue weighted by molar-refractivity contribution is -0.136. The number of imide groups is 2. The highest BCUT2D eigenvalue weighted by Crippen LogP contribution is 2.48. The van der Waals surface area contributed by atoms with Gasteiger partial charge in [-0.2, -0.15) is 0 Å². The predicted octanol–water partition coefficient (Wildman–Crippen LogP) is 4.82. The number of piperazine rings is 1. The first kappa shape index (κ1) is 37.1. The number of hydrogen-bond donors (Lipinski definition) is 1. The van der Waals surface area contributed by atoms with E-state index in [-0.39, 0.29) is 35.3 Å². The summed E-state index contributed by atoms with van der Waals surface area (Å²) in [6.45, 7) is 17.0. The van der Waals surface area contributed by atoms with Crippen molar-refractivity contribution in [3.05, 3.63) is 93.8 Å². The van der Waals surface area contributed by atoms with Crippen LogP contribution in [0.25, 0.3) is 4.85 Å². The number of nitrogens with one attached hydrogen (secondary N) is 1. The number of fused-ring (bicyclic) bond motifs is 1. The van der Waals surface area contributed by atoms with Crippen LogP contribution < -0.4 is 20.0 Å².